The number of nitrogens with one attached hydrogen (secondary N) is 1. The van der Waals surface area contributed by atoms with Gasteiger partial charge in [0.2, 0.25) is 6.79 Å². The fourth-order valence-corrected chi connectivity index (χ4v) is 1.83. The Balaban J connectivity index is 1.65. The molecule has 0 aromatic heterocycles. The lowest BCUT2D eigenvalue weighted by molar-refractivity contribution is 0.0954. The summed E-state index contributed by atoms with van der Waals surface area (Å²) in [6, 6.07) is 11.4. The molecule has 0 saturated carbocycles. The number of nitrogens with zero attached hydrogens (tertiary/aromatic N) is 1. The number of carbonyl (C=O) groups excluding carboxylic acids is 1. The Morgan fingerprint density at radius 3 is 2.71 bits per heavy atom. The predicted octanol–water partition coefficient (Wildman–Crippen LogP) is 1.88. The Labute approximate surface area is 120 Å². The molecule has 0 radical (unpaired) electrons. The van der Waals surface area contributed by atoms with Gasteiger partial charge >= 0.3 is 0 Å². The molecule has 6 nitrogen and oxygen atoms in total. The Hall–Kier alpha value is -3.02. The van der Waals surface area contributed by atoms with Crippen molar-refractivity contribution in [3.8, 4) is 17.2 Å². The van der Waals surface area contributed by atoms with Crippen LogP contribution in [-0.4, -0.2) is 24.0 Å². The van der Waals surface area contributed by atoms with Crippen molar-refractivity contribution in [1.29, 1.82) is 0 Å². The van der Waals surface area contributed by atoms with Gasteiger partial charge in [-0.15, -0.1) is 0 Å². The third-order valence-corrected chi connectivity index (χ3v) is 2.91. The molecule has 0 bridgehead atoms. The molecule has 21 heavy (non-hydrogen) atoms. The van der Waals surface area contributed by atoms with Gasteiger partial charge in [0.1, 0.15) is 5.75 Å². The van der Waals surface area contributed by atoms with Crippen molar-refractivity contribution in [3.63, 3.8) is 0 Å². The van der Waals surface area contributed by atoms with Gasteiger partial charge in [-0.2, -0.15) is 5.10 Å². The molecule has 0 aliphatic carbocycles. The van der Waals surface area contributed by atoms with E-state index in [-0.39, 0.29) is 18.4 Å². The quantitative estimate of drug-likeness (QED) is 0.666. The van der Waals surface area contributed by atoms with Crippen molar-refractivity contribution in [2.24, 2.45) is 5.10 Å². The van der Waals surface area contributed by atoms with Crippen LogP contribution in [0.3, 0.4) is 0 Å². The Morgan fingerprint density at radius 1 is 1.14 bits per heavy atom. The van der Waals surface area contributed by atoms with E-state index in [1.807, 2.05) is 0 Å². The molecule has 2 N–H and O–H groups in total. The number of hydrazone groups is 1. The first kappa shape index (κ1) is 13.0. The van der Waals surface area contributed by atoms with Crippen LogP contribution >= 0.6 is 0 Å². The maximum Gasteiger partial charge on any atom is 0.271 e. The van der Waals surface area contributed by atoms with Crippen molar-refractivity contribution in [2.75, 3.05) is 6.79 Å². The highest BCUT2D eigenvalue weighted by molar-refractivity contribution is 5.95. The van der Waals surface area contributed by atoms with Gasteiger partial charge in [0, 0.05) is 5.56 Å². The summed E-state index contributed by atoms with van der Waals surface area (Å²) in [6.07, 6.45) is 1.49. The monoisotopic (exact) mass is 284 g/mol. The number of carbonyl (C=O) groups is 1. The summed E-state index contributed by atoms with van der Waals surface area (Å²) < 4.78 is 10.4. The number of benzene rings is 2. The highest BCUT2D eigenvalue weighted by Gasteiger charge is 2.15. The van der Waals surface area contributed by atoms with Gasteiger partial charge in [0.25, 0.3) is 5.91 Å². The fraction of sp³-hybridized carbons (Fsp3) is 0.0667. The molecule has 2 aromatic carbocycles. The van der Waals surface area contributed by atoms with E-state index in [2.05, 4.69) is 10.5 Å². The lowest BCUT2D eigenvalue weighted by Gasteiger charge is -2.01. The lowest BCUT2D eigenvalue weighted by Crippen LogP contribution is -2.17. The number of aromatic hydroxyl groups is 1. The molecule has 1 aliphatic heterocycles. The first-order valence-electron chi connectivity index (χ1n) is 6.24. The van der Waals surface area contributed by atoms with Gasteiger partial charge in [-0.05, 0) is 48.0 Å². The van der Waals surface area contributed by atoms with Gasteiger partial charge in [-0.25, -0.2) is 5.43 Å². The lowest BCUT2D eigenvalue weighted by atomic mass is 10.2. The zero-order chi connectivity index (χ0) is 14.7. The van der Waals surface area contributed by atoms with E-state index in [1.165, 1.54) is 6.21 Å². The zero-order valence-corrected chi connectivity index (χ0v) is 10.9. The van der Waals surface area contributed by atoms with Crippen molar-refractivity contribution in [1.82, 2.24) is 5.43 Å². The third-order valence-electron chi connectivity index (χ3n) is 2.91. The van der Waals surface area contributed by atoms with Crippen LogP contribution < -0.4 is 14.9 Å². The van der Waals surface area contributed by atoms with E-state index in [1.54, 1.807) is 42.5 Å². The maximum absolute atomic E-state index is 11.9. The van der Waals surface area contributed by atoms with E-state index in [4.69, 9.17) is 14.6 Å². The summed E-state index contributed by atoms with van der Waals surface area (Å²) in [4.78, 5) is 11.9. The van der Waals surface area contributed by atoms with Crippen LogP contribution in [0.4, 0.5) is 0 Å². The van der Waals surface area contributed by atoms with Crippen LogP contribution in [0.1, 0.15) is 15.9 Å². The van der Waals surface area contributed by atoms with Crippen molar-refractivity contribution in [2.45, 2.75) is 0 Å². The smallest absolute Gasteiger partial charge is 0.271 e. The Morgan fingerprint density at radius 2 is 1.90 bits per heavy atom. The first-order chi connectivity index (χ1) is 10.2. The van der Waals surface area contributed by atoms with Crippen LogP contribution in [0.25, 0.3) is 0 Å². The van der Waals surface area contributed by atoms with E-state index < -0.39 is 0 Å². The minimum Gasteiger partial charge on any atom is -0.508 e. The SMILES string of the molecule is O=C(NN=Cc1ccc(O)cc1)c1ccc2c(c1)OCO2. The minimum atomic E-state index is -0.344. The van der Waals surface area contributed by atoms with Gasteiger partial charge in [0.15, 0.2) is 11.5 Å². The highest BCUT2D eigenvalue weighted by atomic mass is 16.7. The van der Waals surface area contributed by atoms with E-state index >= 15 is 0 Å². The maximum atomic E-state index is 11.9. The number of phenolic OH excluding ortho intramolecular Hbond substituents is 1. The number of fused-ring (bicyclic) bond motifs is 1. The summed E-state index contributed by atoms with van der Waals surface area (Å²) in [5, 5.41) is 13.0. The average molecular weight is 284 g/mol. The first-order valence-corrected chi connectivity index (χ1v) is 6.24. The summed E-state index contributed by atoms with van der Waals surface area (Å²) in [6.45, 7) is 0.166. The normalized spacial score (nSPS) is 12.6. The number of hydrogen-bond donors (Lipinski definition) is 2. The second-order valence-corrected chi connectivity index (χ2v) is 4.36. The van der Waals surface area contributed by atoms with E-state index in [0.29, 0.717) is 17.1 Å². The molecule has 0 fully saturated rings. The topological polar surface area (TPSA) is 80.2 Å². The zero-order valence-electron chi connectivity index (χ0n) is 10.9. The molecule has 0 spiro atoms. The van der Waals surface area contributed by atoms with Gasteiger partial charge in [0.05, 0.1) is 6.21 Å². The summed E-state index contributed by atoms with van der Waals surface area (Å²) in [7, 11) is 0. The second-order valence-electron chi connectivity index (χ2n) is 4.36. The molecule has 6 heteroatoms. The molecule has 1 amide bonds. The van der Waals surface area contributed by atoms with Crippen molar-refractivity contribution in [3.05, 3.63) is 53.6 Å². The molecule has 3 rings (SSSR count). The molecular weight excluding hydrogens is 272 g/mol. The number of amides is 1. The van der Waals surface area contributed by atoms with Crippen LogP contribution in [0.15, 0.2) is 47.6 Å². The molecule has 0 saturated heterocycles. The molecule has 2 aromatic rings. The number of ether oxygens (including phenoxy) is 2. The standard InChI is InChI=1S/C15H12N2O4/c18-12-4-1-10(2-5-12)8-16-17-15(19)11-3-6-13-14(7-11)21-9-20-13/h1-8,18H,9H2,(H,17,19). The Kier molecular flexibility index (Phi) is 3.42. The van der Waals surface area contributed by atoms with E-state index in [0.717, 1.165) is 5.56 Å². The Bertz CT molecular complexity index is 695. The number of hydrogen-bond acceptors (Lipinski definition) is 5. The van der Waals surface area contributed by atoms with Crippen LogP contribution in [0.5, 0.6) is 17.2 Å². The number of phenols is 1. The van der Waals surface area contributed by atoms with Crippen LogP contribution in [0, 0.1) is 0 Å². The van der Waals surface area contributed by atoms with Crippen LogP contribution in [0.2, 0.25) is 0 Å². The van der Waals surface area contributed by atoms with Crippen LogP contribution in [-0.2, 0) is 0 Å². The molecular formula is C15H12N2O4. The molecule has 1 heterocycles. The van der Waals surface area contributed by atoms with Crippen molar-refractivity contribution >= 4 is 12.1 Å². The second kappa shape index (κ2) is 5.54. The molecule has 106 valence electrons. The minimum absolute atomic E-state index is 0.166. The predicted molar refractivity (Wildman–Crippen MR) is 75.7 cm³/mol. The third kappa shape index (κ3) is 2.94. The molecule has 0 unspecified atom stereocenters. The highest BCUT2D eigenvalue weighted by Crippen LogP contribution is 2.32. The largest absolute Gasteiger partial charge is 0.508 e. The van der Waals surface area contributed by atoms with Gasteiger partial charge in [-0.1, -0.05) is 0 Å². The summed E-state index contributed by atoms with van der Waals surface area (Å²) in [5.41, 5.74) is 3.62. The fourth-order valence-electron chi connectivity index (χ4n) is 1.83. The van der Waals surface area contributed by atoms with Gasteiger partial charge in [-0.3, -0.25) is 4.79 Å². The van der Waals surface area contributed by atoms with Crippen molar-refractivity contribution < 1.29 is 19.4 Å². The molecule has 1 aliphatic rings. The summed E-state index contributed by atoms with van der Waals surface area (Å²) in [5.74, 6) is 1.00. The van der Waals surface area contributed by atoms with E-state index in [9.17, 15) is 4.79 Å². The number of rotatable bonds is 3. The average Bonchev–Trinajstić information content (AvgIpc) is 2.96. The summed E-state index contributed by atoms with van der Waals surface area (Å²) >= 11 is 0. The molecule has 0 atom stereocenters. The van der Waals surface area contributed by atoms with Gasteiger partial charge < -0.3 is 14.6 Å².